The molecular formula is C13H15NO4S. The van der Waals surface area contributed by atoms with Gasteiger partial charge in [0.15, 0.2) is 6.10 Å². The number of nitrogens with one attached hydrogen (secondary N) is 1. The van der Waals surface area contributed by atoms with Crippen LogP contribution in [0.5, 0.6) is 0 Å². The first-order valence-electron chi connectivity index (χ1n) is 5.93. The maximum absolute atomic E-state index is 11.9. The van der Waals surface area contributed by atoms with Crippen molar-refractivity contribution in [2.24, 2.45) is 0 Å². The Kier molecular flexibility index (Phi) is 4.44. The summed E-state index contributed by atoms with van der Waals surface area (Å²) in [6.45, 7) is 0. The molecule has 1 amide bonds. The average Bonchev–Trinajstić information content (AvgIpc) is 2.89. The lowest BCUT2D eigenvalue weighted by Crippen LogP contribution is -2.29. The smallest absolute Gasteiger partial charge is 0.332 e. The Balaban J connectivity index is 1.96. The van der Waals surface area contributed by atoms with Crippen LogP contribution in [0.15, 0.2) is 29.2 Å². The van der Waals surface area contributed by atoms with Gasteiger partial charge in [-0.15, -0.1) is 11.8 Å². The molecule has 1 aliphatic rings. The van der Waals surface area contributed by atoms with Gasteiger partial charge in [-0.2, -0.15) is 0 Å². The molecule has 6 heteroatoms. The van der Waals surface area contributed by atoms with Crippen LogP contribution in [0.25, 0.3) is 0 Å². The number of benzene rings is 1. The van der Waals surface area contributed by atoms with E-state index in [2.05, 4.69) is 5.32 Å². The summed E-state index contributed by atoms with van der Waals surface area (Å²) >= 11 is 1.59. The molecule has 1 fully saturated rings. The van der Waals surface area contributed by atoms with E-state index < -0.39 is 18.2 Å². The molecule has 0 aromatic heterocycles. The molecule has 0 radical (unpaired) electrons. The van der Waals surface area contributed by atoms with Crippen molar-refractivity contribution in [2.75, 3.05) is 11.6 Å². The average molecular weight is 281 g/mol. The van der Waals surface area contributed by atoms with Gasteiger partial charge >= 0.3 is 5.97 Å². The summed E-state index contributed by atoms with van der Waals surface area (Å²) in [5.41, 5.74) is 0.694. The Bertz CT molecular complexity index is 491. The molecule has 0 aliphatic carbocycles. The second kappa shape index (κ2) is 6.08. The highest BCUT2D eigenvalue weighted by molar-refractivity contribution is 7.98. The Morgan fingerprint density at radius 1 is 1.37 bits per heavy atom. The van der Waals surface area contributed by atoms with Crippen LogP contribution in [0, 0.1) is 0 Å². The number of ether oxygens (including phenoxy) is 1. The van der Waals surface area contributed by atoms with E-state index in [4.69, 9.17) is 9.84 Å². The molecule has 1 saturated heterocycles. The number of carboxylic acids is 1. The van der Waals surface area contributed by atoms with Crippen LogP contribution < -0.4 is 5.32 Å². The van der Waals surface area contributed by atoms with Crippen LogP contribution >= 0.6 is 11.8 Å². The number of carboxylic acid groups (broad SMARTS) is 1. The molecule has 2 atom stereocenters. The molecule has 1 aromatic carbocycles. The van der Waals surface area contributed by atoms with Crippen molar-refractivity contribution in [3.63, 3.8) is 0 Å². The van der Waals surface area contributed by atoms with Crippen molar-refractivity contribution in [3.05, 3.63) is 24.3 Å². The van der Waals surface area contributed by atoms with Gasteiger partial charge in [-0.1, -0.05) is 6.07 Å². The van der Waals surface area contributed by atoms with E-state index in [1.165, 1.54) is 0 Å². The fourth-order valence-corrected chi connectivity index (χ4v) is 2.39. The van der Waals surface area contributed by atoms with Gasteiger partial charge in [-0.25, -0.2) is 4.79 Å². The summed E-state index contributed by atoms with van der Waals surface area (Å²) in [7, 11) is 0. The molecule has 19 heavy (non-hydrogen) atoms. The van der Waals surface area contributed by atoms with Gasteiger partial charge in [-0.3, -0.25) is 4.79 Å². The molecule has 1 heterocycles. The third kappa shape index (κ3) is 3.48. The van der Waals surface area contributed by atoms with Gasteiger partial charge in [0.2, 0.25) is 0 Å². The minimum absolute atomic E-state index is 0.290. The fourth-order valence-electron chi connectivity index (χ4n) is 1.94. The predicted octanol–water partition coefficient (Wildman–Crippen LogP) is 1.98. The number of rotatable bonds is 4. The monoisotopic (exact) mass is 281 g/mol. The van der Waals surface area contributed by atoms with Gasteiger partial charge in [0.1, 0.15) is 6.10 Å². The van der Waals surface area contributed by atoms with Crippen molar-refractivity contribution in [1.29, 1.82) is 0 Å². The third-order valence-electron chi connectivity index (χ3n) is 2.92. The summed E-state index contributed by atoms with van der Waals surface area (Å²) < 4.78 is 5.20. The summed E-state index contributed by atoms with van der Waals surface area (Å²) in [6.07, 6.45) is 1.22. The van der Waals surface area contributed by atoms with Crippen molar-refractivity contribution < 1.29 is 19.4 Å². The number of aliphatic carboxylic acids is 1. The quantitative estimate of drug-likeness (QED) is 0.825. The number of hydrogen-bond acceptors (Lipinski definition) is 4. The van der Waals surface area contributed by atoms with E-state index in [-0.39, 0.29) is 5.91 Å². The first-order valence-corrected chi connectivity index (χ1v) is 7.16. The Morgan fingerprint density at radius 2 is 2.11 bits per heavy atom. The lowest BCUT2D eigenvalue weighted by Gasteiger charge is -2.12. The second-order valence-corrected chi connectivity index (χ2v) is 5.13. The van der Waals surface area contributed by atoms with E-state index >= 15 is 0 Å². The SMILES string of the molecule is CSc1cccc(NC(=O)C2CCC(C(=O)O)O2)c1. The molecular weight excluding hydrogens is 266 g/mol. The third-order valence-corrected chi connectivity index (χ3v) is 3.65. The molecule has 0 bridgehead atoms. The summed E-state index contributed by atoms with van der Waals surface area (Å²) in [5, 5.41) is 11.6. The molecule has 1 aliphatic heterocycles. The summed E-state index contributed by atoms with van der Waals surface area (Å²) in [4.78, 5) is 23.7. The van der Waals surface area contributed by atoms with E-state index in [0.717, 1.165) is 4.90 Å². The Hall–Kier alpha value is -1.53. The summed E-state index contributed by atoms with van der Waals surface area (Å²) in [5.74, 6) is -1.30. The summed E-state index contributed by atoms with van der Waals surface area (Å²) in [6, 6.07) is 7.47. The first kappa shape index (κ1) is 13.9. The molecule has 102 valence electrons. The lowest BCUT2D eigenvalue weighted by molar-refractivity contribution is -0.150. The molecule has 2 unspecified atom stereocenters. The molecule has 0 saturated carbocycles. The Labute approximate surface area is 115 Å². The van der Waals surface area contributed by atoms with Gasteiger partial charge < -0.3 is 15.2 Å². The minimum Gasteiger partial charge on any atom is -0.479 e. The normalized spacial score (nSPS) is 22.2. The van der Waals surface area contributed by atoms with E-state index in [0.29, 0.717) is 18.5 Å². The van der Waals surface area contributed by atoms with Gasteiger partial charge in [0.05, 0.1) is 0 Å². The number of carbonyl (C=O) groups excluding carboxylic acids is 1. The number of carbonyl (C=O) groups is 2. The van der Waals surface area contributed by atoms with E-state index in [1.54, 1.807) is 17.8 Å². The van der Waals surface area contributed by atoms with Crippen LogP contribution in [0.2, 0.25) is 0 Å². The van der Waals surface area contributed by atoms with Crippen LogP contribution in [0.3, 0.4) is 0 Å². The fraction of sp³-hybridized carbons (Fsp3) is 0.385. The maximum Gasteiger partial charge on any atom is 0.332 e. The van der Waals surface area contributed by atoms with Crippen molar-refractivity contribution in [1.82, 2.24) is 0 Å². The molecule has 2 N–H and O–H groups in total. The van der Waals surface area contributed by atoms with Gasteiger partial charge in [-0.05, 0) is 37.3 Å². The Morgan fingerprint density at radius 3 is 2.74 bits per heavy atom. The van der Waals surface area contributed by atoms with Crippen LogP contribution in [0.1, 0.15) is 12.8 Å². The zero-order chi connectivity index (χ0) is 13.8. The van der Waals surface area contributed by atoms with Crippen molar-refractivity contribution in [3.8, 4) is 0 Å². The molecule has 2 rings (SSSR count). The zero-order valence-corrected chi connectivity index (χ0v) is 11.3. The standard InChI is InChI=1S/C13H15NO4S/c1-19-9-4-2-3-8(7-9)14-12(15)10-5-6-11(18-10)13(16)17/h2-4,7,10-11H,5-6H2,1H3,(H,14,15)(H,16,17). The second-order valence-electron chi connectivity index (χ2n) is 4.25. The van der Waals surface area contributed by atoms with Crippen molar-refractivity contribution in [2.45, 2.75) is 29.9 Å². The number of hydrogen-bond donors (Lipinski definition) is 2. The van der Waals surface area contributed by atoms with Crippen LogP contribution in [-0.2, 0) is 14.3 Å². The first-order chi connectivity index (χ1) is 9.10. The van der Waals surface area contributed by atoms with Crippen LogP contribution in [0.4, 0.5) is 5.69 Å². The topological polar surface area (TPSA) is 75.6 Å². The largest absolute Gasteiger partial charge is 0.479 e. The number of thioether (sulfide) groups is 1. The van der Waals surface area contributed by atoms with Crippen molar-refractivity contribution >= 4 is 29.3 Å². The number of anilines is 1. The van der Waals surface area contributed by atoms with E-state index in [9.17, 15) is 9.59 Å². The number of amides is 1. The lowest BCUT2D eigenvalue weighted by atomic mass is 10.2. The van der Waals surface area contributed by atoms with Gasteiger partial charge in [0, 0.05) is 10.6 Å². The highest BCUT2D eigenvalue weighted by Gasteiger charge is 2.34. The predicted molar refractivity (Wildman–Crippen MR) is 72.4 cm³/mol. The molecule has 0 spiro atoms. The molecule has 5 nitrogen and oxygen atoms in total. The highest BCUT2D eigenvalue weighted by Crippen LogP contribution is 2.23. The minimum atomic E-state index is -1.01. The maximum atomic E-state index is 11.9. The zero-order valence-electron chi connectivity index (χ0n) is 10.5. The highest BCUT2D eigenvalue weighted by atomic mass is 32.2. The molecule has 1 aromatic rings. The van der Waals surface area contributed by atoms with Crippen LogP contribution in [-0.4, -0.2) is 35.4 Å². The van der Waals surface area contributed by atoms with E-state index in [1.807, 2.05) is 24.5 Å². The van der Waals surface area contributed by atoms with Gasteiger partial charge in [0.25, 0.3) is 5.91 Å².